The third-order valence-corrected chi connectivity index (χ3v) is 4.17. The average molecular weight is 323 g/mol. The first-order valence-electron chi connectivity index (χ1n) is 8.43. The van der Waals surface area contributed by atoms with Crippen LogP contribution >= 0.6 is 0 Å². The molecule has 24 heavy (non-hydrogen) atoms. The zero-order valence-electron chi connectivity index (χ0n) is 15.1. The number of nitrogens with zero attached hydrogens (tertiary/aromatic N) is 3. The molecular formula is C20H25N3O. The van der Waals surface area contributed by atoms with Crippen molar-refractivity contribution in [2.45, 2.75) is 53.2 Å². The third-order valence-electron chi connectivity index (χ3n) is 4.17. The Bertz CT molecular complexity index is 757. The highest BCUT2D eigenvalue weighted by Crippen LogP contribution is 2.28. The van der Waals surface area contributed by atoms with E-state index < -0.39 is 0 Å². The van der Waals surface area contributed by atoms with E-state index in [0.717, 1.165) is 17.7 Å². The summed E-state index contributed by atoms with van der Waals surface area (Å²) in [4.78, 5) is 15.0. The molecule has 2 rings (SSSR count). The second-order valence-electron chi connectivity index (χ2n) is 6.46. The molecular weight excluding hydrogens is 298 g/mol. The lowest BCUT2D eigenvalue weighted by molar-refractivity contribution is 0.0644. The van der Waals surface area contributed by atoms with Gasteiger partial charge in [0.25, 0.3) is 5.91 Å². The number of nitriles is 1. The van der Waals surface area contributed by atoms with Gasteiger partial charge in [-0.05, 0) is 52.3 Å². The van der Waals surface area contributed by atoms with Gasteiger partial charge in [0, 0.05) is 36.0 Å². The third kappa shape index (κ3) is 3.35. The Labute approximate surface area is 144 Å². The fraction of sp³-hybridized carbons (Fsp3) is 0.400. The van der Waals surface area contributed by atoms with Crippen LogP contribution in [0.4, 0.5) is 0 Å². The molecule has 1 aromatic heterocycles. The molecule has 1 aromatic carbocycles. The van der Waals surface area contributed by atoms with Crippen molar-refractivity contribution in [2.75, 3.05) is 0 Å². The molecule has 0 aliphatic heterocycles. The minimum Gasteiger partial charge on any atom is -0.339 e. The van der Waals surface area contributed by atoms with Gasteiger partial charge in [-0.15, -0.1) is 0 Å². The molecule has 1 heterocycles. The van der Waals surface area contributed by atoms with E-state index in [1.54, 1.807) is 0 Å². The van der Waals surface area contributed by atoms with Crippen molar-refractivity contribution in [1.29, 1.82) is 5.26 Å². The summed E-state index contributed by atoms with van der Waals surface area (Å²) >= 11 is 0. The minimum atomic E-state index is 0.0263. The van der Waals surface area contributed by atoms with Crippen molar-refractivity contribution < 1.29 is 4.79 Å². The molecule has 0 aliphatic rings. The van der Waals surface area contributed by atoms with Crippen molar-refractivity contribution in [3.05, 3.63) is 47.8 Å². The van der Waals surface area contributed by atoms with Gasteiger partial charge in [-0.2, -0.15) is 5.26 Å². The van der Waals surface area contributed by atoms with Crippen LogP contribution in [0, 0.1) is 11.3 Å². The van der Waals surface area contributed by atoms with Gasteiger partial charge in [0.1, 0.15) is 11.8 Å². The lowest BCUT2D eigenvalue weighted by Crippen LogP contribution is -2.42. The molecule has 0 bridgehead atoms. The van der Waals surface area contributed by atoms with Gasteiger partial charge in [-0.3, -0.25) is 4.79 Å². The normalized spacial score (nSPS) is 10.9. The Morgan fingerprint density at radius 1 is 1.21 bits per heavy atom. The quantitative estimate of drug-likeness (QED) is 0.823. The van der Waals surface area contributed by atoms with Gasteiger partial charge in [-0.25, -0.2) is 0 Å². The van der Waals surface area contributed by atoms with Crippen LogP contribution in [0.2, 0.25) is 0 Å². The summed E-state index contributed by atoms with van der Waals surface area (Å²) < 4.78 is 1.90. The predicted molar refractivity (Wildman–Crippen MR) is 96.7 cm³/mol. The van der Waals surface area contributed by atoms with Crippen LogP contribution in [-0.2, 0) is 6.54 Å². The van der Waals surface area contributed by atoms with Crippen LogP contribution in [0.5, 0.6) is 0 Å². The molecule has 0 spiro atoms. The maximum atomic E-state index is 13.1. The van der Waals surface area contributed by atoms with Crippen molar-refractivity contribution in [1.82, 2.24) is 9.47 Å². The first-order valence-corrected chi connectivity index (χ1v) is 8.43. The molecule has 2 aromatic rings. The summed E-state index contributed by atoms with van der Waals surface area (Å²) in [6, 6.07) is 11.9. The van der Waals surface area contributed by atoms with E-state index in [-0.39, 0.29) is 18.0 Å². The predicted octanol–water partition coefficient (Wildman–Crippen LogP) is 4.31. The lowest BCUT2D eigenvalue weighted by atomic mass is 10.00. The number of aryl methyl sites for hydroxylation is 1. The second-order valence-corrected chi connectivity index (χ2v) is 6.46. The Morgan fingerprint density at radius 3 is 2.33 bits per heavy atom. The monoisotopic (exact) mass is 323 g/mol. The Morgan fingerprint density at radius 2 is 1.83 bits per heavy atom. The van der Waals surface area contributed by atoms with Gasteiger partial charge < -0.3 is 9.47 Å². The van der Waals surface area contributed by atoms with Crippen molar-refractivity contribution in [2.24, 2.45) is 0 Å². The number of carbonyl (C=O) groups excluding carboxylic acids is 1. The molecule has 0 fully saturated rings. The van der Waals surface area contributed by atoms with Crippen LogP contribution in [0.25, 0.3) is 11.1 Å². The van der Waals surface area contributed by atoms with Gasteiger partial charge in [0.15, 0.2) is 0 Å². The molecule has 0 radical (unpaired) electrons. The smallest absolute Gasteiger partial charge is 0.254 e. The summed E-state index contributed by atoms with van der Waals surface area (Å²) in [5, 5.41) is 9.28. The summed E-state index contributed by atoms with van der Waals surface area (Å²) in [5.41, 5.74) is 3.07. The highest BCUT2D eigenvalue weighted by atomic mass is 16.2. The molecule has 0 aliphatic carbocycles. The fourth-order valence-electron chi connectivity index (χ4n) is 3.14. The van der Waals surface area contributed by atoms with Gasteiger partial charge >= 0.3 is 0 Å². The van der Waals surface area contributed by atoms with Crippen LogP contribution < -0.4 is 0 Å². The van der Waals surface area contributed by atoms with Crippen molar-refractivity contribution >= 4 is 5.91 Å². The van der Waals surface area contributed by atoms with Gasteiger partial charge in [0.05, 0.1) is 0 Å². The summed E-state index contributed by atoms with van der Waals surface area (Å²) in [7, 11) is 0. The van der Waals surface area contributed by atoms with E-state index in [1.807, 2.05) is 80.6 Å². The number of benzene rings is 1. The minimum absolute atomic E-state index is 0.0263. The van der Waals surface area contributed by atoms with Crippen LogP contribution in [0.15, 0.2) is 36.5 Å². The number of amides is 1. The Hall–Kier alpha value is -2.54. The number of aromatic nitrogens is 1. The average Bonchev–Trinajstić information content (AvgIpc) is 2.97. The first-order chi connectivity index (χ1) is 11.4. The number of rotatable bonds is 5. The van der Waals surface area contributed by atoms with E-state index in [9.17, 15) is 10.1 Å². The fourth-order valence-corrected chi connectivity index (χ4v) is 3.14. The maximum absolute atomic E-state index is 13.1. The molecule has 0 unspecified atom stereocenters. The SMILES string of the molecule is CCn1cc(-c2ccccc2C(=O)N(C(C)C)C(C)C)cc1C#N. The van der Waals surface area contributed by atoms with Crippen LogP contribution in [-0.4, -0.2) is 27.5 Å². The van der Waals surface area contributed by atoms with Crippen molar-refractivity contribution in [3.63, 3.8) is 0 Å². The van der Waals surface area contributed by atoms with Gasteiger partial charge in [-0.1, -0.05) is 18.2 Å². The van der Waals surface area contributed by atoms with Crippen LogP contribution in [0.1, 0.15) is 50.7 Å². The van der Waals surface area contributed by atoms with E-state index in [0.29, 0.717) is 11.3 Å². The zero-order valence-corrected chi connectivity index (χ0v) is 15.1. The molecule has 1 amide bonds. The molecule has 0 saturated heterocycles. The van der Waals surface area contributed by atoms with Crippen molar-refractivity contribution in [3.8, 4) is 17.2 Å². The molecule has 4 nitrogen and oxygen atoms in total. The standard InChI is InChI=1S/C20H25N3O/c1-6-22-13-16(11-17(22)12-21)18-9-7-8-10-19(18)20(24)23(14(2)3)15(4)5/h7-11,13-15H,6H2,1-5H3. The summed E-state index contributed by atoms with van der Waals surface area (Å²) in [5.74, 6) is 0.0263. The summed E-state index contributed by atoms with van der Waals surface area (Å²) in [6.07, 6.45) is 1.94. The van der Waals surface area contributed by atoms with E-state index in [2.05, 4.69) is 6.07 Å². The first kappa shape index (κ1) is 17.8. The largest absolute Gasteiger partial charge is 0.339 e. The molecule has 0 N–H and O–H groups in total. The Balaban J connectivity index is 2.54. The second kappa shape index (κ2) is 7.35. The van der Waals surface area contributed by atoms with Gasteiger partial charge in [0.2, 0.25) is 0 Å². The molecule has 0 saturated carbocycles. The summed E-state index contributed by atoms with van der Waals surface area (Å²) in [6.45, 7) is 10.8. The van der Waals surface area contributed by atoms with E-state index in [4.69, 9.17) is 0 Å². The Kier molecular flexibility index (Phi) is 5.46. The van der Waals surface area contributed by atoms with Crippen LogP contribution in [0.3, 0.4) is 0 Å². The van der Waals surface area contributed by atoms with E-state index in [1.165, 1.54) is 0 Å². The zero-order chi connectivity index (χ0) is 17.9. The van der Waals surface area contributed by atoms with E-state index >= 15 is 0 Å². The molecule has 4 heteroatoms. The lowest BCUT2D eigenvalue weighted by Gasteiger charge is -2.31. The number of hydrogen-bond donors (Lipinski definition) is 0. The highest BCUT2D eigenvalue weighted by molar-refractivity contribution is 6.01. The highest BCUT2D eigenvalue weighted by Gasteiger charge is 2.24. The molecule has 0 atom stereocenters. The number of hydrogen-bond acceptors (Lipinski definition) is 2. The molecule has 126 valence electrons. The number of carbonyl (C=O) groups is 1. The maximum Gasteiger partial charge on any atom is 0.254 e. The topological polar surface area (TPSA) is 49.0 Å².